The molecule has 22 heavy (non-hydrogen) atoms. The number of nitrogens with zero attached hydrogens (tertiary/aromatic N) is 3. The Morgan fingerprint density at radius 3 is 2.73 bits per heavy atom. The van der Waals surface area contributed by atoms with Gasteiger partial charge in [0, 0.05) is 44.8 Å². The Morgan fingerprint density at radius 2 is 2.18 bits per heavy atom. The van der Waals surface area contributed by atoms with E-state index in [1.165, 1.54) is 0 Å². The highest BCUT2D eigenvalue weighted by atomic mass is 35.5. The SMILES string of the molecule is CC(CNC(=O)[C@H]1CNC[C@@H]1c1cnn(C)c1)N(C)C.Cl.Cl. The maximum absolute atomic E-state index is 12.4. The van der Waals surface area contributed by atoms with E-state index in [0.717, 1.165) is 18.7 Å². The standard InChI is InChI=1S/C14H25N5O.2ClH/c1-10(18(2)3)5-16-14(20)13-8-15-7-12(13)11-6-17-19(4)9-11;;/h6,9-10,12-13,15H,5,7-8H2,1-4H3,(H,16,20);2*1H/t10?,12-,13+;;/m1../s1. The van der Waals surface area contributed by atoms with Crippen molar-refractivity contribution in [3.8, 4) is 0 Å². The molecule has 1 amide bonds. The Bertz CT molecular complexity index is 466. The number of nitrogens with one attached hydrogen (secondary N) is 2. The predicted octanol–water partition coefficient (Wildman–Crippen LogP) is 0.633. The van der Waals surface area contributed by atoms with Crippen molar-refractivity contribution in [2.24, 2.45) is 13.0 Å². The molecular formula is C14H27Cl2N5O. The number of carbonyl (C=O) groups is 1. The van der Waals surface area contributed by atoms with Gasteiger partial charge in [-0.2, -0.15) is 5.10 Å². The normalized spacial score (nSPS) is 21.9. The Hall–Kier alpha value is -0.820. The van der Waals surface area contributed by atoms with Crippen molar-refractivity contribution in [2.75, 3.05) is 33.7 Å². The van der Waals surface area contributed by atoms with Gasteiger partial charge in [0.2, 0.25) is 5.91 Å². The molecule has 1 aromatic heterocycles. The second-order valence-electron chi connectivity index (χ2n) is 5.88. The van der Waals surface area contributed by atoms with Gasteiger partial charge in [-0.05, 0) is 26.6 Å². The predicted molar refractivity (Wildman–Crippen MR) is 93.0 cm³/mol. The molecule has 1 saturated heterocycles. The van der Waals surface area contributed by atoms with E-state index < -0.39 is 0 Å². The Kier molecular flexibility index (Phi) is 9.00. The van der Waals surface area contributed by atoms with Gasteiger partial charge < -0.3 is 15.5 Å². The van der Waals surface area contributed by atoms with E-state index in [1.807, 2.05) is 33.5 Å². The van der Waals surface area contributed by atoms with Crippen molar-refractivity contribution in [3.63, 3.8) is 0 Å². The summed E-state index contributed by atoms with van der Waals surface area (Å²) in [6, 6.07) is 0.338. The molecule has 2 rings (SSSR count). The van der Waals surface area contributed by atoms with Gasteiger partial charge in [-0.3, -0.25) is 9.48 Å². The summed E-state index contributed by atoms with van der Waals surface area (Å²) in [5, 5.41) is 10.6. The fourth-order valence-corrected chi connectivity index (χ4v) is 2.50. The molecule has 2 N–H and O–H groups in total. The molecule has 3 atom stereocenters. The quantitative estimate of drug-likeness (QED) is 0.816. The lowest BCUT2D eigenvalue weighted by molar-refractivity contribution is -0.125. The van der Waals surface area contributed by atoms with Crippen LogP contribution in [0.4, 0.5) is 0 Å². The van der Waals surface area contributed by atoms with Crippen LogP contribution in [0.5, 0.6) is 0 Å². The molecule has 8 heteroatoms. The van der Waals surface area contributed by atoms with Gasteiger partial charge in [-0.25, -0.2) is 0 Å². The lowest BCUT2D eigenvalue weighted by atomic mass is 9.90. The highest BCUT2D eigenvalue weighted by molar-refractivity contribution is 5.85. The number of carbonyl (C=O) groups excluding carboxylic acids is 1. The summed E-state index contributed by atoms with van der Waals surface area (Å²) in [5.74, 6) is 0.351. The second kappa shape index (κ2) is 9.35. The van der Waals surface area contributed by atoms with Crippen molar-refractivity contribution < 1.29 is 4.79 Å². The Labute approximate surface area is 144 Å². The maximum Gasteiger partial charge on any atom is 0.225 e. The molecule has 0 bridgehead atoms. The minimum absolute atomic E-state index is 0. The number of amides is 1. The van der Waals surface area contributed by atoms with E-state index >= 15 is 0 Å². The third kappa shape index (κ3) is 5.12. The Morgan fingerprint density at radius 1 is 1.50 bits per heavy atom. The molecule has 0 spiro atoms. The van der Waals surface area contributed by atoms with Crippen molar-refractivity contribution >= 4 is 30.7 Å². The maximum atomic E-state index is 12.4. The zero-order chi connectivity index (χ0) is 14.7. The van der Waals surface area contributed by atoms with E-state index in [0.29, 0.717) is 12.6 Å². The molecule has 0 aliphatic carbocycles. The van der Waals surface area contributed by atoms with Gasteiger partial charge in [0.15, 0.2) is 0 Å². The average Bonchev–Trinajstić information content (AvgIpc) is 3.03. The van der Waals surface area contributed by atoms with Crippen LogP contribution >= 0.6 is 24.8 Å². The first kappa shape index (κ1) is 21.2. The smallest absolute Gasteiger partial charge is 0.225 e. The third-order valence-electron chi connectivity index (χ3n) is 4.16. The van der Waals surface area contributed by atoms with Gasteiger partial charge in [0.25, 0.3) is 0 Å². The van der Waals surface area contributed by atoms with Crippen molar-refractivity contribution in [1.29, 1.82) is 0 Å². The fourth-order valence-electron chi connectivity index (χ4n) is 2.50. The summed E-state index contributed by atoms with van der Waals surface area (Å²) in [6.45, 7) is 4.36. The minimum Gasteiger partial charge on any atom is -0.354 e. The fraction of sp³-hybridized carbons (Fsp3) is 0.714. The van der Waals surface area contributed by atoms with Gasteiger partial charge >= 0.3 is 0 Å². The molecule has 2 heterocycles. The molecule has 1 aliphatic rings. The molecule has 0 aromatic carbocycles. The van der Waals surface area contributed by atoms with Gasteiger partial charge in [-0.1, -0.05) is 0 Å². The first-order valence-electron chi connectivity index (χ1n) is 7.12. The van der Waals surface area contributed by atoms with Crippen LogP contribution in [0, 0.1) is 5.92 Å². The summed E-state index contributed by atoms with van der Waals surface area (Å²) in [4.78, 5) is 14.5. The summed E-state index contributed by atoms with van der Waals surface area (Å²) in [5.41, 5.74) is 1.14. The highest BCUT2D eigenvalue weighted by Crippen LogP contribution is 2.27. The lowest BCUT2D eigenvalue weighted by Gasteiger charge is -2.22. The van der Waals surface area contributed by atoms with Crippen LogP contribution in [0.25, 0.3) is 0 Å². The molecule has 6 nitrogen and oxygen atoms in total. The first-order valence-corrected chi connectivity index (χ1v) is 7.12. The van der Waals surface area contributed by atoms with E-state index in [4.69, 9.17) is 0 Å². The zero-order valence-corrected chi connectivity index (χ0v) is 15.2. The minimum atomic E-state index is -0.00596. The van der Waals surface area contributed by atoms with Crippen molar-refractivity contribution in [1.82, 2.24) is 25.3 Å². The van der Waals surface area contributed by atoms with Crippen LogP contribution in [0.15, 0.2) is 12.4 Å². The monoisotopic (exact) mass is 351 g/mol. The summed E-state index contributed by atoms with van der Waals surface area (Å²) < 4.78 is 1.79. The molecule has 1 unspecified atom stereocenters. The molecular weight excluding hydrogens is 325 g/mol. The molecule has 0 radical (unpaired) electrons. The number of hydrogen-bond donors (Lipinski definition) is 2. The third-order valence-corrected chi connectivity index (χ3v) is 4.16. The molecule has 1 fully saturated rings. The van der Waals surface area contributed by atoms with Crippen molar-refractivity contribution in [3.05, 3.63) is 18.0 Å². The summed E-state index contributed by atoms with van der Waals surface area (Å²) in [7, 11) is 5.94. The van der Waals surface area contributed by atoms with Crippen LogP contribution < -0.4 is 10.6 Å². The zero-order valence-electron chi connectivity index (χ0n) is 13.6. The van der Waals surface area contributed by atoms with Crippen LogP contribution in [0.2, 0.25) is 0 Å². The number of halogens is 2. The largest absolute Gasteiger partial charge is 0.354 e. The van der Waals surface area contributed by atoms with Gasteiger partial charge in [-0.15, -0.1) is 24.8 Å². The molecule has 1 aromatic rings. The van der Waals surface area contributed by atoms with Crippen LogP contribution in [0.1, 0.15) is 18.4 Å². The van der Waals surface area contributed by atoms with Crippen LogP contribution in [-0.4, -0.2) is 60.4 Å². The first-order chi connectivity index (χ1) is 9.49. The average molecular weight is 352 g/mol. The number of rotatable bonds is 5. The molecule has 0 saturated carbocycles. The van der Waals surface area contributed by atoms with Gasteiger partial charge in [0.05, 0.1) is 12.1 Å². The van der Waals surface area contributed by atoms with Gasteiger partial charge in [0.1, 0.15) is 0 Å². The number of aromatic nitrogens is 2. The number of hydrogen-bond acceptors (Lipinski definition) is 4. The highest BCUT2D eigenvalue weighted by Gasteiger charge is 2.34. The topological polar surface area (TPSA) is 62.2 Å². The molecule has 1 aliphatic heterocycles. The van der Waals surface area contributed by atoms with E-state index in [1.54, 1.807) is 4.68 Å². The molecule has 128 valence electrons. The van der Waals surface area contributed by atoms with Crippen molar-refractivity contribution in [2.45, 2.75) is 18.9 Å². The number of likely N-dealkylation sites (N-methyl/N-ethyl adjacent to an activating group) is 1. The van der Waals surface area contributed by atoms with Crippen LogP contribution in [-0.2, 0) is 11.8 Å². The number of aryl methyl sites for hydroxylation is 1. The summed E-state index contributed by atoms with van der Waals surface area (Å²) >= 11 is 0. The van der Waals surface area contributed by atoms with E-state index in [9.17, 15) is 4.79 Å². The van der Waals surface area contributed by atoms with Crippen LogP contribution in [0.3, 0.4) is 0 Å². The summed E-state index contributed by atoms with van der Waals surface area (Å²) in [6.07, 6.45) is 3.86. The lowest BCUT2D eigenvalue weighted by Crippen LogP contribution is -2.42. The second-order valence-corrected chi connectivity index (χ2v) is 5.88. The van der Waals surface area contributed by atoms with E-state index in [2.05, 4.69) is 27.6 Å². The van der Waals surface area contributed by atoms with E-state index in [-0.39, 0.29) is 42.6 Å². The Balaban J connectivity index is 0.00000220.